The second-order valence-electron chi connectivity index (χ2n) is 8.88. The fourth-order valence-electron chi connectivity index (χ4n) is 4.27. The van der Waals surface area contributed by atoms with E-state index in [9.17, 15) is 4.39 Å². The quantitative estimate of drug-likeness (QED) is 0.316. The lowest BCUT2D eigenvalue weighted by atomic mass is 10.2. The van der Waals surface area contributed by atoms with Crippen LogP contribution in [0, 0.1) is 12.7 Å². The highest BCUT2D eigenvalue weighted by molar-refractivity contribution is 5.82. The Labute approximate surface area is 206 Å². The second-order valence-corrected chi connectivity index (χ2v) is 8.88. The lowest BCUT2D eigenvalue weighted by Crippen LogP contribution is -2.44. The van der Waals surface area contributed by atoms with E-state index in [0.717, 1.165) is 48.8 Å². The van der Waals surface area contributed by atoms with Gasteiger partial charge in [-0.3, -0.25) is 5.10 Å². The molecule has 0 spiro atoms. The average molecular weight is 489 g/mol. The number of hydrogen-bond acceptors (Lipinski definition) is 8. The molecule has 0 atom stereocenters. The zero-order chi connectivity index (χ0) is 24.6. The minimum atomic E-state index is -0.397. The number of aryl methyl sites for hydroxylation is 1. The standard InChI is InChI=1S/C25H25FN8O2/c1-15-10-16-11-17(12-18(26)24(16)27-15)36-25-29-21(14-23(30-25)34-7-5-33(2)6-8-34)28-22-13-19(31-32-22)20-4-3-9-35-20/h3-4,9-14,27H,5-8H2,1-2H3,(H2,28,29,30,31,32). The minimum Gasteiger partial charge on any atom is -0.463 e. The highest BCUT2D eigenvalue weighted by Crippen LogP contribution is 2.30. The van der Waals surface area contributed by atoms with Crippen molar-refractivity contribution < 1.29 is 13.5 Å². The van der Waals surface area contributed by atoms with Crippen LogP contribution >= 0.6 is 0 Å². The van der Waals surface area contributed by atoms with E-state index in [2.05, 4.69) is 47.3 Å². The zero-order valence-corrected chi connectivity index (χ0v) is 19.9. The average Bonchev–Trinajstić information content (AvgIpc) is 3.60. The summed E-state index contributed by atoms with van der Waals surface area (Å²) < 4.78 is 26.1. The Hall–Kier alpha value is -4.38. The van der Waals surface area contributed by atoms with Crippen molar-refractivity contribution in [2.24, 2.45) is 0 Å². The number of nitrogens with zero attached hydrogens (tertiary/aromatic N) is 5. The van der Waals surface area contributed by atoms with E-state index in [1.54, 1.807) is 12.3 Å². The molecule has 36 heavy (non-hydrogen) atoms. The van der Waals surface area contributed by atoms with Gasteiger partial charge >= 0.3 is 6.01 Å². The molecule has 0 saturated carbocycles. The molecule has 3 N–H and O–H groups in total. The van der Waals surface area contributed by atoms with Crippen LogP contribution < -0.4 is 15.0 Å². The van der Waals surface area contributed by atoms with Crippen molar-refractivity contribution in [3.8, 4) is 23.2 Å². The molecule has 6 rings (SSSR count). The molecule has 0 bridgehead atoms. The number of furan rings is 1. The van der Waals surface area contributed by atoms with Gasteiger partial charge in [-0.25, -0.2) is 4.39 Å². The molecule has 5 aromatic rings. The Bertz CT molecular complexity index is 1500. The fraction of sp³-hybridized carbons (Fsp3) is 0.240. The first-order chi connectivity index (χ1) is 17.5. The number of benzene rings is 1. The third-order valence-electron chi connectivity index (χ3n) is 6.14. The van der Waals surface area contributed by atoms with Crippen LogP contribution in [0.25, 0.3) is 22.4 Å². The van der Waals surface area contributed by atoms with Gasteiger partial charge in [-0.1, -0.05) is 0 Å². The Kier molecular flexibility index (Phi) is 5.53. The number of likely N-dealkylation sites (N-methyl/N-ethyl adjacent to an activating group) is 1. The van der Waals surface area contributed by atoms with E-state index in [1.807, 2.05) is 37.3 Å². The molecule has 1 aliphatic rings. The number of ether oxygens (including phenoxy) is 1. The van der Waals surface area contributed by atoms with Crippen molar-refractivity contribution in [1.29, 1.82) is 0 Å². The van der Waals surface area contributed by atoms with Crippen LogP contribution in [0.5, 0.6) is 11.8 Å². The summed E-state index contributed by atoms with van der Waals surface area (Å²) in [6, 6.07) is 12.4. The third kappa shape index (κ3) is 4.48. The molecule has 0 radical (unpaired) electrons. The maximum Gasteiger partial charge on any atom is 0.325 e. The molecule has 1 aliphatic heterocycles. The summed E-state index contributed by atoms with van der Waals surface area (Å²) in [5.41, 5.74) is 2.05. The van der Waals surface area contributed by atoms with E-state index in [-0.39, 0.29) is 6.01 Å². The van der Waals surface area contributed by atoms with Crippen LogP contribution in [0.3, 0.4) is 0 Å². The van der Waals surface area contributed by atoms with E-state index < -0.39 is 5.82 Å². The second kappa shape index (κ2) is 9.00. The van der Waals surface area contributed by atoms with E-state index in [1.165, 1.54) is 6.07 Å². The molecule has 0 aliphatic carbocycles. The fourth-order valence-corrected chi connectivity index (χ4v) is 4.27. The monoisotopic (exact) mass is 488 g/mol. The molecule has 1 aromatic carbocycles. The molecular formula is C25H25FN8O2. The minimum absolute atomic E-state index is 0.113. The number of piperazine rings is 1. The first kappa shape index (κ1) is 22.1. The van der Waals surface area contributed by atoms with Crippen molar-refractivity contribution in [2.45, 2.75) is 6.92 Å². The van der Waals surface area contributed by atoms with Gasteiger partial charge in [0, 0.05) is 55.5 Å². The third-order valence-corrected chi connectivity index (χ3v) is 6.14. The molecule has 0 amide bonds. The van der Waals surface area contributed by atoms with Gasteiger partial charge in [0.05, 0.1) is 11.8 Å². The Balaban J connectivity index is 1.32. The van der Waals surface area contributed by atoms with Crippen LogP contribution in [0.1, 0.15) is 5.69 Å². The van der Waals surface area contributed by atoms with Crippen molar-refractivity contribution >= 4 is 28.4 Å². The van der Waals surface area contributed by atoms with Crippen LogP contribution in [0.15, 0.2) is 53.1 Å². The molecule has 4 aromatic heterocycles. The van der Waals surface area contributed by atoms with Gasteiger partial charge in [0.1, 0.15) is 23.1 Å². The van der Waals surface area contributed by atoms with Crippen LogP contribution in [-0.4, -0.2) is 63.3 Å². The molecule has 0 unspecified atom stereocenters. The van der Waals surface area contributed by atoms with Crippen LogP contribution in [-0.2, 0) is 0 Å². The van der Waals surface area contributed by atoms with Gasteiger partial charge in [0.15, 0.2) is 17.4 Å². The number of halogens is 1. The van der Waals surface area contributed by atoms with E-state index in [0.29, 0.717) is 28.7 Å². The Morgan fingerprint density at radius 3 is 2.72 bits per heavy atom. The van der Waals surface area contributed by atoms with E-state index in [4.69, 9.17) is 9.15 Å². The zero-order valence-electron chi connectivity index (χ0n) is 19.9. The van der Waals surface area contributed by atoms with Gasteiger partial charge < -0.3 is 29.3 Å². The summed E-state index contributed by atoms with van der Waals surface area (Å²) in [6.07, 6.45) is 1.61. The number of rotatable bonds is 6. The SMILES string of the molecule is Cc1cc2cc(Oc3nc(Nc4cc(-c5ccco5)[nH]n4)cc(N4CCN(C)CC4)n3)cc(F)c2[nH]1. The number of nitrogens with one attached hydrogen (secondary N) is 3. The van der Waals surface area contributed by atoms with E-state index >= 15 is 0 Å². The van der Waals surface area contributed by atoms with Gasteiger partial charge in [0.25, 0.3) is 0 Å². The van der Waals surface area contributed by atoms with Crippen molar-refractivity contribution in [3.63, 3.8) is 0 Å². The van der Waals surface area contributed by atoms with Crippen molar-refractivity contribution in [1.82, 2.24) is 30.0 Å². The summed E-state index contributed by atoms with van der Waals surface area (Å²) in [5, 5.41) is 11.2. The lowest BCUT2D eigenvalue weighted by molar-refractivity contribution is 0.311. The first-order valence-corrected chi connectivity index (χ1v) is 11.7. The number of aromatic amines is 2. The van der Waals surface area contributed by atoms with Gasteiger partial charge in [0.2, 0.25) is 0 Å². The summed E-state index contributed by atoms with van der Waals surface area (Å²) >= 11 is 0. The Morgan fingerprint density at radius 2 is 1.92 bits per heavy atom. The number of hydrogen-bond donors (Lipinski definition) is 3. The highest BCUT2D eigenvalue weighted by atomic mass is 19.1. The maximum atomic E-state index is 14.7. The number of aromatic nitrogens is 5. The Morgan fingerprint density at radius 1 is 1.06 bits per heavy atom. The van der Waals surface area contributed by atoms with Gasteiger partial charge in [-0.2, -0.15) is 15.1 Å². The number of anilines is 3. The molecule has 184 valence electrons. The molecule has 10 nitrogen and oxygen atoms in total. The molecule has 11 heteroatoms. The normalized spacial score (nSPS) is 14.5. The van der Waals surface area contributed by atoms with Gasteiger partial charge in [-0.05, 0) is 38.2 Å². The number of fused-ring (bicyclic) bond motifs is 1. The van der Waals surface area contributed by atoms with Crippen LogP contribution in [0.4, 0.5) is 21.8 Å². The predicted molar refractivity (Wildman–Crippen MR) is 134 cm³/mol. The first-order valence-electron chi connectivity index (χ1n) is 11.7. The molecule has 5 heterocycles. The smallest absolute Gasteiger partial charge is 0.325 e. The largest absolute Gasteiger partial charge is 0.463 e. The number of H-pyrrole nitrogens is 2. The van der Waals surface area contributed by atoms with Crippen molar-refractivity contribution in [3.05, 3.63) is 60.2 Å². The van der Waals surface area contributed by atoms with Gasteiger partial charge in [-0.15, -0.1) is 0 Å². The topological polar surface area (TPSA) is 111 Å². The summed E-state index contributed by atoms with van der Waals surface area (Å²) in [6.45, 7) is 5.36. The summed E-state index contributed by atoms with van der Waals surface area (Å²) in [4.78, 5) is 16.6. The van der Waals surface area contributed by atoms with Crippen LogP contribution in [0.2, 0.25) is 0 Å². The van der Waals surface area contributed by atoms with Crippen molar-refractivity contribution in [2.75, 3.05) is 43.4 Å². The molecule has 1 saturated heterocycles. The maximum absolute atomic E-state index is 14.7. The predicted octanol–water partition coefficient (Wildman–Crippen LogP) is 4.68. The summed E-state index contributed by atoms with van der Waals surface area (Å²) in [5.74, 6) is 2.39. The highest BCUT2D eigenvalue weighted by Gasteiger charge is 2.19. The molecular weight excluding hydrogens is 463 g/mol. The molecule has 1 fully saturated rings. The lowest BCUT2D eigenvalue weighted by Gasteiger charge is -2.33. The summed E-state index contributed by atoms with van der Waals surface area (Å²) in [7, 11) is 2.10.